The number of hydrogen-bond donors (Lipinski definition) is 1. The van der Waals surface area contributed by atoms with Crippen molar-refractivity contribution in [3.05, 3.63) is 0 Å². The molecule has 0 aliphatic heterocycles. The summed E-state index contributed by atoms with van der Waals surface area (Å²) >= 11 is 0. The Kier molecular flexibility index (Phi) is 3.24. The van der Waals surface area contributed by atoms with Gasteiger partial charge in [0.1, 0.15) is 0 Å². The van der Waals surface area contributed by atoms with Gasteiger partial charge in [-0.15, -0.1) is 0 Å². The van der Waals surface area contributed by atoms with Gasteiger partial charge in [0.05, 0.1) is 6.10 Å². The Labute approximate surface area is 55.3 Å². The first-order valence-corrected chi connectivity index (χ1v) is 2.93. The number of nitrogens with zero attached hydrogens (tertiary/aromatic N) is 1. The Morgan fingerprint density at radius 3 is 2.33 bits per heavy atom. The molecule has 0 rings (SSSR count). The molecule has 0 spiro atoms. The normalized spacial score (nSPS) is 12.9. The summed E-state index contributed by atoms with van der Waals surface area (Å²) in [6, 6.07) is 0. The quantitative estimate of drug-likeness (QED) is 0.566. The smallest absolute Gasteiger partial charge is 0.219 e. The van der Waals surface area contributed by atoms with Crippen molar-refractivity contribution >= 4 is 5.91 Å². The molecule has 1 N–H and O–H groups in total. The van der Waals surface area contributed by atoms with Gasteiger partial charge >= 0.3 is 0 Å². The number of aliphatic hydroxyl groups is 1. The maximum absolute atomic E-state index is 10.5. The summed E-state index contributed by atoms with van der Waals surface area (Å²) in [5.74, 6) is -0.0177. The van der Waals surface area contributed by atoms with Crippen LogP contribution in [0.4, 0.5) is 0 Å². The Morgan fingerprint density at radius 1 is 1.78 bits per heavy atom. The number of amides is 1. The summed E-state index contributed by atoms with van der Waals surface area (Å²) in [6.45, 7) is 3.54. The van der Waals surface area contributed by atoms with Crippen LogP contribution >= 0.6 is 0 Å². The zero-order chi connectivity index (χ0) is 7.44. The molecule has 3 nitrogen and oxygen atoms in total. The van der Waals surface area contributed by atoms with E-state index < -0.39 is 6.10 Å². The number of aliphatic hydroxyl groups excluding tert-OH is 1. The van der Waals surface area contributed by atoms with Crippen molar-refractivity contribution in [1.82, 2.24) is 4.90 Å². The summed E-state index contributed by atoms with van der Waals surface area (Å²) in [4.78, 5) is 12.0. The molecule has 0 unspecified atom stereocenters. The Bertz CT molecular complexity index is 101. The van der Waals surface area contributed by atoms with E-state index in [1.165, 1.54) is 11.8 Å². The highest BCUT2D eigenvalue weighted by atomic mass is 16.3. The Hall–Kier alpha value is -0.570. The van der Waals surface area contributed by atoms with Crippen molar-refractivity contribution in [2.45, 2.75) is 20.0 Å². The first-order chi connectivity index (χ1) is 4.04. The fourth-order valence-electron chi connectivity index (χ4n) is 0.525. The molecule has 0 saturated carbocycles. The molecule has 3 heteroatoms. The molecule has 0 aliphatic carbocycles. The summed E-state index contributed by atoms with van der Waals surface area (Å²) in [5, 5.41) is 8.78. The van der Waals surface area contributed by atoms with Gasteiger partial charge in [-0.1, -0.05) is 0 Å². The zero-order valence-corrected chi connectivity index (χ0v) is 6.09. The molecule has 0 radical (unpaired) electrons. The van der Waals surface area contributed by atoms with E-state index in [-0.39, 0.29) is 5.91 Å². The fraction of sp³-hybridized carbons (Fsp3) is 0.833. The van der Waals surface area contributed by atoms with Gasteiger partial charge in [-0.05, 0) is 6.92 Å². The zero-order valence-electron chi connectivity index (χ0n) is 6.09. The highest BCUT2D eigenvalue weighted by Crippen LogP contribution is 1.86. The molecule has 0 aromatic carbocycles. The van der Waals surface area contributed by atoms with Crippen LogP contribution < -0.4 is 0 Å². The van der Waals surface area contributed by atoms with E-state index in [1.807, 2.05) is 0 Å². The second kappa shape index (κ2) is 3.45. The van der Waals surface area contributed by atoms with Crippen molar-refractivity contribution in [2.75, 3.05) is 13.6 Å². The van der Waals surface area contributed by atoms with Crippen molar-refractivity contribution in [3.8, 4) is 0 Å². The monoisotopic (exact) mass is 131 g/mol. The number of carbonyl (C=O) groups is 1. The van der Waals surface area contributed by atoms with E-state index >= 15 is 0 Å². The van der Waals surface area contributed by atoms with Crippen molar-refractivity contribution in [2.24, 2.45) is 0 Å². The van der Waals surface area contributed by atoms with Crippen LogP contribution in [0.25, 0.3) is 0 Å². The summed E-state index contributed by atoms with van der Waals surface area (Å²) < 4.78 is 0. The van der Waals surface area contributed by atoms with Gasteiger partial charge in [-0.3, -0.25) is 4.79 Å². The Balaban J connectivity index is 3.50. The molecule has 0 fully saturated rings. The molecule has 1 amide bonds. The largest absolute Gasteiger partial charge is 0.392 e. The third-order valence-electron chi connectivity index (χ3n) is 1.08. The molecular formula is C6H13NO2. The van der Waals surface area contributed by atoms with Crippen molar-refractivity contribution in [1.29, 1.82) is 0 Å². The van der Waals surface area contributed by atoms with Gasteiger partial charge in [-0.2, -0.15) is 0 Å². The van der Waals surface area contributed by atoms with Crippen LogP contribution in [0.15, 0.2) is 0 Å². The fourth-order valence-corrected chi connectivity index (χ4v) is 0.525. The van der Waals surface area contributed by atoms with Crippen LogP contribution in [-0.2, 0) is 4.79 Å². The van der Waals surface area contributed by atoms with E-state index in [1.54, 1.807) is 14.0 Å². The highest BCUT2D eigenvalue weighted by molar-refractivity contribution is 5.72. The van der Waals surface area contributed by atoms with E-state index in [2.05, 4.69) is 0 Å². The van der Waals surface area contributed by atoms with Gasteiger partial charge < -0.3 is 10.0 Å². The first kappa shape index (κ1) is 8.43. The van der Waals surface area contributed by atoms with Crippen LogP contribution in [0.2, 0.25) is 0 Å². The van der Waals surface area contributed by atoms with Crippen LogP contribution in [0, 0.1) is 0 Å². The molecule has 0 aromatic rings. The topological polar surface area (TPSA) is 40.5 Å². The van der Waals surface area contributed by atoms with Crippen LogP contribution in [0.5, 0.6) is 0 Å². The highest BCUT2D eigenvalue weighted by Gasteiger charge is 2.03. The van der Waals surface area contributed by atoms with E-state index in [9.17, 15) is 4.79 Å². The summed E-state index contributed by atoms with van der Waals surface area (Å²) in [7, 11) is 1.66. The predicted molar refractivity (Wildman–Crippen MR) is 35.0 cm³/mol. The summed E-state index contributed by atoms with van der Waals surface area (Å²) in [5.41, 5.74) is 0. The number of rotatable bonds is 2. The third-order valence-corrected chi connectivity index (χ3v) is 1.08. The molecule has 0 saturated heterocycles. The van der Waals surface area contributed by atoms with E-state index in [4.69, 9.17) is 5.11 Å². The van der Waals surface area contributed by atoms with E-state index in [0.29, 0.717) is 6.54 Å². The summed E-state index contributed by atoms with van der Waals surface area (Å²) in [6.07, 6.45) is -0.432. The van der Waals surface area contributed by atoms with Gasteiger partial charge in [0, 0.05) is 20.5 Å². The second-order valence-corrected chi connectivity index (χ2v) is 2.25. The third kappa shape index (κ3) is 3.97. The first-order valence-electron chi connectivity index (χ1n) is 2.93. The number of likely N-dealkylation sites (N-methyl/N-ethyl adjacent to an activating group) is 1. The maximum atomic E-state index is 10.5. The molecule has 1 atom stereocenters. The SMILES string of the molecule is CC(=O)N(C)C[C@@H](C)O. The Morgan fingerprint density at radius 2 is 2.22 bits per heavy atom. The average molecular weight is 131 g/mol. The van der Waals surface area contributed by atoms with Gasteiger partial charge in [0.25, 0.3) is 0 Å². The molecule has 0 heterocycles. The minimum atomic E-state index is -0.432. The standard InChI is InChI=1S/C6H13NO2/c1-5(8)4-7(3)6(2)9/h5,8H,4H2,1-3H3/t5-/m1/s1. The van der Waals surface area contributed by atoms with Gasteiger partial charge in [0.15, 0.2) is 0 Å². The maximum Gasteiger partial charge on any atom is 0.219 e. The average Bonchev–Trinajstić information content (AvgIpc) is 1.63. The molecule has 0 aliphatic rings. The number of hydrogen-bond acceptors (Lipinski definition) is 2. The van der Waals surface area contributed by atoms with Crippen molar-refractivity contribution in [3.63, 3.8) is 0 Å². The lowest BCUT2D eigenvalue weighted by Gasteiger charge is -2.15. The van der Waals surface area contributed by atoms with Crippen molar-refractivity contribution < 1.29 is 9.90 Å². The molecule has 9 heavy (non-hydrogen) atoms. The molecule has 0 bridgehead atoms. The lowest BCUT2D eigenvalue weighted by molar-refractivity contribution is -0.128. The van der Waals surface area contributed by atoms with E-state index in [0.717, 1.165) is 0 Å². The van der Waals surface area contributed by atoms with Gasteiger partial charge in [0.2, 0.25) is 5.91 Å². The number of carbonyl (C=O) groups excluding carboxylic acids is 1. The molecule has 54 valence electrons. The lowest BCUT2D eigenvalue weighted by Crippen LogP contribution is -2.30. The lowest BCUT2D eigenvalue weighted by atomic mass is 10.4. The minimum Gasteiger partial charge on any atom is -0.392 e. The van der Waals surface area contributed by atoms with Gasteiger partial charge in [-0.25, -0.2) is 0 Å². The minimum absolute atomic E-state index is 0.0177. The molecule has 0 aromatic heterocycles. The second-order valence-electron chi connectivity index (χ2n) is 2.25. The molecular weight excluding hydrogens is 118 g/mol. The van der Waals surface area contributed by atoms with Crippen LogP contribution in [0.1, 0.15) is 13.8 Å². The van der Waals surface area contributed by atoms with Crippen LogP contribution in [0.3, 0.4) is 0 Å². The van der Waals surface area contributed by atoms with Crippen LogP contribution in [-0.4, -0.2) is 35.6 Å². The predicted octanol–water partition coefficient (Wildman–Crippen LogP) is -0.155.